The van der Waals surface area contributed by atoms with Gasteiger partial charge in [0.2, 0.25) is 5.91 Å². The lowest BCUT2D eigenvalue weighted by Gasteiger charge is -2.26. The van der Waals surface area contributed by atoms with E-state index >= 15 is 0 Å². The number of amides is 1. The SMILES string of the molecule is CC1CCCC(CCNCC(=O)Nc2ccccc2Cl)C1. The average Bonchev–Trinajstić information content (AvgIpc) is 2.46. The molecule has 21 heavy (non-hydrogen) atoms. The molecular weight excluding hydrogens is 284 g/mol. The molecule has 1 aromatic carbocycles. The summed E-state index contributed by atoms with van der Waals surface area (Å²) in [5.74, 6) is 1.65. The zero-order valence-electron chi connectivity index (χ0n) is 12.7. The minimum atomic E-state index is -0.0416. The second kappa shape index (κ2) is 8.40. The van der Waals surface area contributed by atoms with Crippen molar-refractivity contribution < 1.29 is 4.79 Å². The molecule has 0 radical (unpaired) electrons. The quantitative estimate of drug-likeness (QED) is 0.777. The molecule has 0 aromatic heterocycles. The van der Waals surface area contributed by atoms with Crippen LogP contribution in [0.15, 0.2) is 24.3 Å². The van der Waals surface area contributed by atoms with E-state index in [9.17, 15) is 4.79 Å². The molecule has 0 spiro atoms. The highest BCUT2D eigenvalue weighted by Crippen LogP contribution is 2.30. The van der Waals surface area contributed by atoms with Crippen molar-refractivity contribution in [1.29, 1.82) is 0 Å². The van der Waals surface area contributed by atoms with Gasteiger partial charge in [-0.05, 0) is 43.4 Å². The summed E-state index contributed by atoms with van der Waals surface area (Å²) in [6.45, 7) is 3.59. The number of para-hydroxylation sites is 1. The van der Waals surface area contributed by atoms with Gasteiger partial charge in [-0.3, -0.25) is 4.79 Å². The van der Waals surface area contributed by atoms with Gasteiger partial charge in [0, 0.05) is 0 Å². The van der Waals surface area contributed by atoms with Gasteiger partial charge in [0.05, 0.1) is 17.3 Å². The second-order valence-electron chi connectivity index (χ2n) is 6.13. The summed E-state index contributed by atoms with van der Waals surface area (Å²) in [6, 6.07) is 7.29. The largest absolute Gasteiger partial charge is 0.324 e. The molecule has 1 aliphatic rings. The molecule has 3 nitrogen and oxygen atoms in total. The van der Waals surface area contributed by atoms with Gasteiger partial charge in [-0.25, -0.2) is 0 Å². The first-order chi connectivity index (χ1) is 10.1. The molecule has 1 amide bonds. The van der Waals surface area contributed by atoms with Crippen LogP contribution in [0.5, 0.6) is 0 Å². The highest BCUT2D eigenvalue weighted by Gasteiger charge is 2.18. The maximum Gasteiger partial charge on any atom is 0.238 e. The molecule has 2 rings (SSSR count). The van der Waals surface area contributed by atoms with Gasteiger partial charge in [-0.15, -0.1) is 0 Å². The van der Waals surface area contributed by atoms with Crippen LogP contribution >= 0.6 is 11.6 Å². The Bertz CT molecular complexity index is 464. The van der Waals surface area contributed by atoms with Gasteiger partial charge in [-0.1, -0.05) is 49.9 Å². The molecule has 1 fully saturated rings. The zero-order valence-corrected chi connectivity index (χ0v) is 13.5. The number of hydrogen-bond donors (Lipinski definition) is 2. The molecular formula is C17H25ClN2O. The van der Waals surface area contributed by atoms with Crippen LogP contribution in [0.1, 0.15) is 39.0 Å². The van der Waals surface area contributed by atoms with E-state index in [4.69, 9.17) is 11.6 Å². The van der Waals surface area contributed by atoms with Gasteiger partial charge >= 0.3 is 0 Å². The van der Waals surface area contributed by atoms with Gasteiger partial charge in [0.1, 0.15) is 0 Å². The fraction of sp³-hybridized carbons (Fsp3) is 0.588. The van der Waals surface area contributed by atoms with Gasteiger partial charge in [0.15, 0.2) is 0 Å². The predicted octanol–water partition coefficient (Wildman–Crippen LogP) is 4.08. The summed E-state index contributed by atoms with van der Waals surface area (Å²) in [7, 11) is 0. The Morgan fingerprint density at radius 3 is 2.90 bits per heavy atom. The van der Waals surface area contributed by atoms with Gasteiger partial charge in [-0.2, -0.15) is 0 Å². The molecule has 0 heterocycles. The van der Waals surface area contributed by atoms with Crippen LogP contribution in [0.4, 0.5) is 5.69 Å². The van der Waals surface area contributed by atoms with Crippen molar-refractivity contribution in [2.45, 2.75) is 39.0 Å². The third kappa shape index (κ3) is 5.68. The lowest BCUT2D eigenvalue weighted by molar-refractivity contribution is -0.115. The van der Waals surface area contributed by atoms with E-state index in [1.54, 1.807) is 6.07 Å². The Balaban J connectivity index is 1.62. The number of rotatable bonds is 6. The van der Waals surface area contributed by atoms with Crippen molar-refractivity contribution in [3.8, 4) is 0 Å². The maximum absolute atomic E-state index is 11.8. The molecule has 1 aliphatic carbocycles. The topological polar surface area (TPSA) is 41.1 Å². The van der Waals surface area contributed by atoms with E-state index in [1.807, 2.05) is 18.2 Å². The lowest BCUT2D eigenvalue weighted by atomic mass is 9.81. The summed E-state index contributed by atoms with van der Waals surface area (Å²) in [4.78, 5) is 11.8. The molecule has 0 aliphatic heterocycles. The summed E-state index contributed by atoms with van der Waals surface area (Å²) in [5, 5.41) is 6.63. The third-order valence-corrected chi connectivity index (χ3v) is 4.54. The number of carbonyl (C=O) groups excluding carboxylic acids is 1. The number of anilines is 1. The van der Waals surface area contributed by atoms with Gasteiger partial charge in [0.25, 0.3) is 0 Å². The van der Waals surface area contributed by atoms with E-state index in [0.29, 0.717) is 17.3 Å². The molecule has 0 saturated heterocycles. The number of nitrogens with one attached hydrogen (secondary N) is 2. The molecule has 1 aromatic rings. The smallest absolute Gasteiger partial charge is 0.238 e. The Morgan fingerprint density at radius 2 is 2.14 bits per heavy atom. The van der Waals surface area contributed by atoms with Crippen molar-refractivity contribution >= 4 is 23.2 Å². The van der Waals surface area contributed by atoms with Crippen molar-refractivity contribution in [3.05, 3.63) is 29.3 Å². The van der Waals surface area contributed by atoms with E-state index in [0.717, 1.165) is 18.4 Å². The van der Waals surface area contributed by atoms with Crippen LogP contribution in [-0.4, -0.2) is 19.0 Å². The standard InChI is InChI=1S/C17H25ClN2O/c1-13-5-4-6-14(11-13)9-10-19-12-17(21)20-16-8-3-2-7-15(16)18/h2-3,7-8,13-14,19H,4-6,9-12H2,1H3,(H,20,21). The number of carbonyl (C=O) groups is 1. The van der Waals surface area contributed by atoms with Gasteiger partial charge < -0.3 is 10.6 Å². The first kappa shape index (κ1) is 16.3. The van der Waals surface area contributed by atoms with Crippen LogP contribution in [0.3, 0.4) is 0 Å². The first-order valence-corrected chi connectivity index (χ1v) is 8.28. The van der Waals surface area contributed by atoms with E-state index in [1.165, 1.54) is 32.1 Å². The van der Waals surface area contributed by atoms with Crippen LogP contribution < -0.4 is 10.6 Å². The molecule has 1 saturated carbocycles. The zero-order chi connectivity index (χ0) is 15.1. The molecule has 2 N–H and O–H groups in total. The highest BCUT2D eigenvalue weighted by molar-refractivity contribution is 6.33. The summed E-state index contributed by atoms with van der Waals surface area (Å²) in [5.41, 5.74) is 0.673. The van der Waals surface area contributed by atoms with Crippen molar-refractivity contribution in [2.75, 3.05) is 18.4 Å². The molecule has 0 bridgehead atoms. The first-order valence-electron chi connectivity index (χ1n) is 7.90. The fourth-order valence-corrected chi connectivity index (χ4v) is 3.27. The minimum absolute atomic E-state index is 0.0416. The van der Waals surface area contributed by atoms with Crippen molar-refractivity contribution in [3.63, 3.8) is 0 Å². The monoisotopic (exact) mass is 308 g/mol. The van der Waals surface area contributed by atoms with E-state index in [2.05, 4.69) is 17.6 Å². The van der Waals surface area contributed by atoms with E-state index < -0.39 is 0 Å². The lowest BCUT2D eigenvalue weighted by Crippen LogP contribution is -2.30. The van der Waals surface area contributed by atoms with E-state index in [-0.39, 0.29) is 5.91 Å². The Labute approximate surface area is 132 Å². The maximum atomic E-state index is 11.8. The Morgan fingerprint density at radius 1 is 1.33 bits per heavy atom. The molecule has 4 heteroatoms. The van der Waals surface area contributed by atoms with Crippen LogP contribution in [-0.2, 0) is 4.79 Å². The molecule has 2 atom stereocenters. The summed E-state index contributed by atoms with van der Waals surface area (Å²) >= 11 is 6.01. The molecule has 2 unspecified atom stereocenters. The fourth-order valence-electron chi connectivity index (χ4n) is 3.09. The summed E-state index contributed by atoms with van der Waals surface area (Å²) in [6.07, 6.45) is 6.60. The van der Waals surface area contributed by atoms with Crippen molar-refractivity contribution in [1.82, 2.24) is 5.32 Å². The Hall–Kier alpha value is -1.06. The molecule has 116 valence electrons. The van der Waals surface area contributed by atoms with Crippen LogP contribution in [0.2, 0.25) is 5.02 Å². The number of halogens is 1. The highest BCUT2D eigenvalue weighted by atomic mass is 35.5. The number of hydrogen-bond acceptors (Lipinski definition) is 2. The van der Waals surface area contributed by atoms with Crippen LogP contribution in [0, 0.1) is 11.8 Å². The third-order valence-electron chi connectivity index (χ3n) is 4.21. The number of benzene rings is 1. The predicted molar refractivity (Wildman–Crippen MR) is 88.7 cm³/mol. The van der Waals surface area contributed by atoms with Crippen molar-refractivity contribution in [2.24, 2.45) is 11.8 Å². The minimum Gasteiger partial charge on any atom is -0.324 e. The summed E-state index contributed by atoms with van der Waals surface area (Å²) < 4.78 is 0. The second-order valence-corrected chi connectivity index (χ2v) is 6.54. The normalized spacial score (nSPS) is 22.0. The Kier molecular flexibility index (Phi) is 6.52. The average molecular weight is 309 g/mol. The van der Waals surface area contributed by atoms with Crippen LogP contribution in [0.25, 0.3) is 0 Å².